The second-order valence-corrected chi connectivity index (χ2v) is 7.28. The third-order valence-corrected chi connectivity index (χ3v) is 5.56. The highest BCUT2D eigenvalue weighted by Gasteiger charge is 2.36. The SMILES string of the molecule is CCNc1nc(OC)c(C(=O)N2CCNCC2C2CCCCC2)nc1Cl. The number of ether oxygens (including phenoxy) is 1. The van der Waals surface area contributed by atoms with Crippen molar-refractivity contribution in [3.8, 4) is 5.88 Å². The predicted octanol–water partition coefficient (Wildman–Crippen LogP) is 2.56. The molecule has 3 rings (SSSR count). The molecule has 144 valence electrons. The molecule has 1 aromatic heterocycles. The lowest BCUT2D eigenvalue weighted by Crippen LogP contribution is -2.57. The van der Waals surface area contributed by atoms with E-state index in [0.29, 0.717) is 24.8 Å². The molecule has 2 aliphatic rings. The molecule has 0 spiro atoms. The van der Waals surface area contributed by atoms with Gasteiger partial charge in [0.1, 0.15) is 0 Å². The van der Waals surface area contributed by atoms with Crippen molar-refractivity contribution in [2.75, 3.05) is 38.6 Å². The van der Waals surface area contributed by atoms with Crippen LogP contribution >= 0.6 is 11.6 Å². The lowest BCUT2D eigenvalue weighted by molar-refractivity contribution is 0.0494. The number of carbonyl (C=O) groups is 1. The van der Waals surface area contributed by atoms with E-state index in [1.807, 2.05) is 11.8 Å². The topological polar surface area (TPSA) is 79.4 Å². The van der Waals surface area contributed by atoms with E-state index in [2.05, 4.69) is 20.6 Å². The number of hydrogen-bond acceptors (Lipinski definition) is 6. The molecule has 1 amide bonds. The third kappa shape index (κ3) is 4.04. The van der Waals surface area contributed by atoms with Crippen molar-refractivity contribution in [2.45, 2.75) is 45.1 Å². The van der Waals surface area contributed by atoms with Gasteiger partial charge in [0.2, 0.25) is 5.88 Å². The maximum atomic E-state index is 13.3. The Balaban J connectivity index is 1.87. The summed E-state index contributed by atoms with van der Waals surface area (Å²) >= 11 is 6.23. The fraction of sp³-hybridized carbons (Fsp3) is 0.722. The predicted molar refractivity (Wildman–Crippen MR) is 102 cm³/mol. The van der Waals surface area contributed by atoms with Gasteiger partial charge in [-0.25, -0.2) is 4.98 Å². The van der Waals surface area contributed by atoms with Gasteiger partial charge < -0.3 is 20.3 Å². The van der Waals surface area contributed by atoms with Crippen LogP contribution in [0.5, 0.6) is 5.88 Å². The van der Waals surface area contributed by atoms with Crippen molar-refractivity contribution in [2.24, 2.45) is 5.92 Å². The molecule has 1 aromatic rings. The number of nitrogens with zero attached hydrogens (tertiary/aromatic N) is 3. The smallest absolute Gasteiger partial charge is 0.278 e. The molecule has 0 bridgehead atoms. The highest BCUT2D eigenvalue weighted by molar-refractivity contribution is 6.31. The molecular formula is C18H28ClN5O2. The van der Waals surface area contributed by atoms with Crippen LogP contribution < -0.4 is 15.4 Å². The van der Waals surface area contributed by atoms with Crippen LogP contribution in [0.15, 0.2) is 0 Å². The summed E-state index contributed by atoms with van der Waals surface area (Å²) in [6, 6.07) is 0.190. The quantitative estimate of drug-likeness (QED) is 0.816. The van der Waals surface area contributed by atoms with E-state index in [9.17, 15) is 4.79 Å². The summed E-state index contributed by atoms with van der Waals surface area (Å²) in [6.45, 7) is 4.88. The molecule has 0 radical (unpaired) electrons. The molecule has 1 saturated carbocycles. The van der Waals surface area contributed by atoms with Crippen LogP contribution in [-0.2, 0) is 0 Å². The summed E-state index contributed by atoms with van der Waals surface area (Å²) in [6.07, 6.45) is 6.15. The summed E-state index contributed by atoms with van der Waals surface area (Å²) in [7, 11) is 1.50. The largest absolute Gasteiger partial charge is 0.479 e. The average Bonchev–Trinajstić information content (AvgIpc) is 2.69. The Morgan fingerprint density at radius 2 is 2.12 bits per heavy atom. The molecule has 1 aliphatic heterocycles. The number of carbonyl (C=O) groups excluding carboxylic acids is 1. The van der Waals surface area contributed by atoms with Gasteiger partial charge in [-0.05, 0) is 25.7 Å². The second-order valence-electron chi connectivity index (χ2n) is 6.92. The van der Waals surface area contributed by atoms with Crippen molar-refractivity contribution in [1.29, 1.82) is 0 Å². The van der Waals surface area contributed by atoms with Crippen LogP contribution in [-0.4, -0.2) is 60.1 Å². The summed E-state index contributed by atoms with van der Waals surface area (Å²) in [5.41, 5.74) is 0.196. The Kier molecular flexibility index (Phi) is 6.53. The fourth-order valence-corrected chi connectivity index (χ4v) is 4.21. The molecule has 1 atom stereocenters. The first-order chi connectivity index (χ1) is 12.7. The van der Waals surface area contributed by atoms with E-state index in [4.69, 9.17) is 16.3 Å². The van der Waals surface area contributed by atoms with Crippen LogP contribution in [0, 0.1) is 5.92 Å². The van der Waals surface area contributed by atoms with Crippen LogP contribution in [0.1, 0.15) is 49.5 Å². The van der Waals surface area contributed by atoms with Crippen LogP contribution in [0.3, 0.4) is 0 Å². The third-order valence-electron chi connectivity index (χ3n) is 5.30. The van der Waals surface area contributed by atoms with E-state index in [-0.39, 0.29) is 28.7 Å². The monoisotopic (exact) mass is 381 g/mol. The highest BCUT2D eigenvalue weighted by atomic mass is 35.5. The Hall–Kier alpha value is -1.60. The number of nitrogens with one attached hydrogen (secondary N) is 2. The number of amides is 1. The molecule has 26 heavy (non-hydrogen) atoms. The lowest BCUT2D eigenvalue weighted by Gasteiger charge is -2.42. The Morgan fingerprint density at radius 3 is 2.81 bits per heavy atom. The second kappa shape index (κ2) is 8.86. The number of halogens is 1. The summed E-state index contributed by atoms with van der Waals surface area (Å²) in [5, 5.41) is 6.67. The zero-order chi connectivity index (χ0) is 18.5. The van der Waals surface area contributed by atoms with Crippen molar-refractivity contribution >= 4 is 23.3 Å². The molecule has 1 saturated heterocycles. The summed E-state index contributed by atoms with van der Waals surface area (Å²) in [5.74, 6) is 1.05. The van der Waals surface area contributed by atoms with Gasteiger partial charge in [-0.2, -0.15) is 4.98 Å². The van der Waals surface area contributed by atoms with Crippen molar-refractivity contribution in [1.82, 2.24) is 20.2 Å². The summed E-state index contributed by atoms with van der Waals surface area (Å²) < 4.78 is 5.34. The minimum absolute atomic E-state index is 0.142. The number of hydrogen-bond donors (Lipinski definition) is 2. The van der Waals surface area contributed by atoms with Crippen LogP contribution in [0.4, 0.5) is 5.82 Å². The Bertz CT molecular complexity index is 636. The van der Waals surface area contributed by atoms with E-state index in [0.717, 1.165) is 13.1 Å². The van der Waals surface area contributed by atoms with Gasteiger partial charge in [-0.15, -0.1) is 0 Å². The van der Waals surface area contributed by atoms with Gasteiger partial charge in [0.05, 0.1) is 7.11 Å². The fourth-order valence-electron chi connectivity index (χ4n) is 4.01. The average molecular weight is 382 g/mol. The van der Waals surface area contributed by atoms with Crippen molar-refractivity contribution in [3.63, 3.8) is 0 Å². The van der Waals surface area contributed by atoms with E-state index >= 15 is 0 Å². The van der Waals surface area contributed by atoms with Gasteiger partial charge in [-0.3, -0.25) is 4.79 Å². The zero-order valence-corrected chi connectivity index (χ0v) is 16.3. The molecule has 7 nitrogen and oxygen atoms in total. The molecule has 1 aliphatic carbocycles. The Morgan fingerprint density at radius 1 is 1.35 bits per heavy atom. The lowest BCUT2D eigenvalue weighted by atomic mass is 9.82. The number of piperazine rings is 1. The molecule has 2 heterocycles. The molecular weight excluding hydrogens is 354 g/mol. The van der Waals surface area contributed by atoms with E-state index < -0.39 is 0 Å². The van der Waals surface area contributed by atoms with Gasteiger partial charge in [-0.1, -0.05) is 30.9 Å². The van der Waals surface area contributed by atoms with Gasteiger partial charge in [0.25, 0.3) is 5.91 Å². The minimum Gasteiger partial charge on any atom is -0.479 e. The first-order valence-corrected chi connectivity index (χ1v) is 9.90. The van der Waals surface area contributed by atoms with E-state index in [1.54, 1.807) is 0 Å². The molecule has 2 fully saturated rings. The van der Waals surface area contributed by atoms with Gasteiger partial charge >= 0.3 is 0 Å². The van der Waals surface area contributed by atoms with Crippen molar-refractivity contribution in [3.05, 3.63) is 10.8 Å². The normalized spacial score (nSPS) is 21.5. The molecule has 2 N–H and O–H groups in total. The Labute approximate surface area is 159 Å². The first-order valence-electron chi connectivity index (χ1n) is 9.52. The number of aromatic nitrogens is 2. The minimum atomic E-state index is -0.142. The number of anilines is 1. The maximum absolute atomic E-state index is 13.3. The number of methoxy groups -OCH3 is 1. The molecule has 8 heteroatoms. The van der Waals surface area contributed by atoms with Crippen LogP contribution in [0.25, 0.3) is 0 Å². The maximum Gasteiger partial charge on any atom is 0.278 e. The van der Waals surface area contributed by atoms with Gasteiger partial charge in [0.15, 0.2) is 16.7 Å². The summed E-state index contributed by atoms with van der Waals surface area (Å²) in [4.78, 5) is 23.9. The number of rotatable bonds is 5. The van der Waals surface area contributed by atoms with Crippen LogP contribution in [0.2, 0.25) is 5.15 Å². The van der Waals surface area contributed by atoms with Gasteiger partial charge in [0, 0.05) is 32.2 Å². The highest BCUT2D eigenvalue weighted by Crippen LogP contribution is 2.31. The van der Waals surface area contributed by atoms with E-state index in [1.165, 1.54) is 39.2 Å². The molecule has 1 unspecified atom stereocenters. The van der Waals surface area contributed by atoms with Crippen molar-refractivity contribution < 1.29 is 9.53 Å². The zero-order valence-electron chi connectivity index (χ0n) is 15.6. The first kappa shape index (κ1) is 19.2. The standard InChI is InChI=1S/C18H28ClN5O2/c1-3-21-16-15(19)22-14(17(23-16)26-2)18(25)24-10-9-20-11-13(24)12-7-5-4-6-8-12/h12-13,20H,3-11H2,1-2H3,(H,21,23). The molecule has 0 aromatic carbocycles.